The summed E-state index contributed by atoms with van der Waals surface area (Å²) in [5.74, 6) is 1.82. The first-order chi connectivity index (χ1) is 34.2. The fourth-order valence-electron chi connectivity index (χ4n) is 11.3. The number of aromatic nitrogens is 6. The summed E-state index contributed by atoms with van der Waals surface area (Å²) >= 11 is 0. The smallest absolute Gasteiger partial charge is 0.238 e. The number of rotatable bonds is 5. The number of para-hydroxylation sites is 3. The number of hydrogen-bond donors (Lipinski definition) is 0. The Balaban J connectivity index is 0.973. The average molecular weight is 879 g/mol. The second-order valence-corrected chi connectivity index (χ2v) is 18.0. The normalized spacial score (nSPS) is 12.1. The van der Waals surface area contributed by atoms with Crippen LogP contribution in [0.5, 0.6) is 0 Å². The topological polar surface area (TPSA) is 53.5 Å². The molecule has 11 aromatic carbocycles. The molecule has 0 aliphatic rings. The number of hydrogen-bond acceptors (Lipinski definition) is 3. The van der Waals surface area contributed by atoms with Gasteiger partial charge in [0.2, 0.25) is 5.95 Å². The van der Waals surface area contributed by atoms with Gasteiger partial charge in [0, 0.05) is 54.8 Å². The van der Waals surface area contributed by atoms with Gasteiger partial charge >= 0.3 is 0 Å². The molecular formula is C63H38N6. The molecule has 0 fully saturated rings. The van der Waals surface area contributed by atoms with Crippen LogP contribution in [-0.4, -0.2) is 28.7 Å². The number of nitrogens with zero attached hydrogens (tertiary/aromatic N) is 6. The minimum absolute atomic E-state index is 0.567. The highest BCUT2D eigenvalue weighted by Crippen LogP contribution is 2.44. The summed E-state index contributed by atoms with van der Waals surface area (Å²) < 4.78 is 7.09. The molecule has 0 saturated carbocycles. The predicted molar refractivity (Wildman–Crippen MR) is 286 cm³/mol. The second kappa shape index (κ2) is 14.6. The molecule has 0 atom stereocenters. The standard InChI is InChI=1S/C63H38N6/c1-2-18-42-37-43(32-31-39(42)15-1)67-54-29-11-8-24-50(54)59-57(67)35-36-58-60(59)51-25-9-12-30-55(51)68(58)44-33-34-56-52(38-44)47-23-7-10-28-53(47)69(56)63-65-61(48-26-13-19-40-16-3-5-21-45(40)48)64-62(66-63)49-27-14-20-41-17-4-6-22-46(41)49/h1-38H. The predicted octanol–water partition coefficient (Wildman–Crippen LogP) is 16.0. The van der Waals surface area contributed by atoms with Crippen molar-refractivity contribution < 1.29 is 0 Å². The summed E-state index contributed by atoms with van der Waals surface area (Å²) in [5, 5.41) is 14.1. The van der Waals surface area contributed by atoms with E-state index in [0.717, 1.165) is 76.9 Å². The van der Waals surface area contributed by atoms with Crippen molar-refractivity contribution in [2.75, 3.05) is 0 Å². The molecule has 0 radical (unpaired) electrons. The van der Waals surface area contributed by atoms with Crippen molar-refractivity contribution >= 4 is 97.7 Å². The molecule has 0 saturated heterocycles. The third kappa shape index (κ3) is 5.57. The second-order valence-electron chi connectivity index (χ2n) is 18.0. The summed E-state index contributed by atoms with van der Waals surface area (Å²) in [6, 6.07) is 82.8. The van der Waals surface area contributed by atoms with Crippen LogP contribution in [0.25, 0.3) is 138 Å². The summed E-state index contributed by atoms with van der Waals surface area (Å²) in [6.07, 6.45) is 0. The van der Waals surface area contributed by atoms with Gasteiger partial charge < -0.3 is 9.13 Å². The first-order valence-electron chi connectivity index (χ1n) is 23.4. The van der Waals surface area contributed by atoms with Crippen molar-refractivity contribution in [1.29, 1.82) is 0 Å². The zero-order valence-corrected chi connectivity index (χ0v) is 37.1. The van der Waals surface area contributed by atoms with Crippen molar-refractivity contribution in [3.05, 3.63) is 231 Å². The molecule has 0 aliphatic carbocycles. The van der Waals surface area contributed by atoms with Crippen molar-refractivity contribution in [2.24, 2.45) is 0 Å². The van der Waals surface area contributed by atoms with Crippen LogP contribution < -0.4 is 0 Å². The molecular weight excluding hydrogens is 841 g/mol. The lowest BCUT2D eigenvalue weighted by Crippen LogP contribution is -2.07. The quantitative estimate of drug-likeness (QED) is 0.173. The Kier molecular flexibility index (Phi) is 7.97. The van der Waals surface area contributed by atoms with E-state index < -0.39 is 0 Å². The molecule has 0 N–H and O–H groups in total. The Morgan fingerprint density at radius 1 is 0.246 bits per heavy atom. The Hall–Kier alpha value is -9.39. The molecule has 0 amide bonds. The molecule has 0 aliphatic heterocycles. The van der Waals surface area contributed by atoms with Crippen LogP contribution in [-0.2, 0) is 0 Å². The molecule has 6 heteroatoms. The molecule has 15 rings (SSSR count). The lowest BCUT2D eigenvalue weighted by atomic mass is 10.0. The van der Waals surface area contributed by atoms with Gasteiger partial charge in [-0.15, -0.1) is 0 Å². The van der Waals surface area contributed by atoms with Crippen molar-refractivity contribution in [3.8, 4) is 40.1 Å². The minimum atomic E-state index is 0.567. The first kappa shape index (κ1) is 37.8. The molecule has 320 valence electrons. The summed E-state index contributed by atoms with van der Waals surface area (Å²) in [7, 11) is 0. The molecule has 6 nitrogen and oxygen atoms in total. The largest absolute Gasteiger partial charge is 0.309 e. The van der Waals surface area contributed by atoms with Crippen molar-refractivity contribution in [2.45, 2.75) is 0 Å². The molecule has 0 spiro atoms. The van der Waals surface area contributed by atoms with E-state index >= 15 is 0 Å². The Morgan fingerprint density at radius 3 is 1.26 bits per heavy atom. The maximum absolute atomic E-state index is 5.38. The van der Waals surface area contributed by atoms with Gasteiger partial charge in [0.15, 0.2) is 11.6 Å². The van der Waals surface area contributed by atoms with Crippen LogP contribution in [0.4, 0.5) is 0 Å². The highest BCUT2D eigenvalue weighted by Gasteiger charge is 2.23. The molecule has 15 aromatic rings. The van der Waals surface area contributed by atoms with Crippen LogP contribution >= 0.6 is 0 Å². The van der Waals surface area contributed by atoms with Gasteiger partial charge in [-0.05, 0) is 93.0 Å². The minimum Gasteiger partial charge on any atom is -0.309 e. The first-order valence-corrected chi connectivity index (χ1v) is 23.4. The van der Waals surface area contributed by atoms with E-state index in [-0.39, 0.29) is 0 Å². The molecule has 69 heavy (non-hydrogen) atoms. The zero-order valence-electron chi connectivity index (χ0n) is 37.1. The zero-order chi connectivity index (χ0) is 45.2. The van der Waals surface area contributed by atoms with E-state index in [9.17, 15) is 0 Å². The van der Waals surface area contributed by atoms with Gasteiger partial charge in [-0.2, -0.15) is 9.97 Å². The number of fused-ring (bicyclic) bond motifs is 13. The van der Waals surface area contributed by atoms with Gasteiger partial charge in [-0.25, -0.2) is 4.98 Å². The van der Waals surface area contributed by atoms with Crippen LogP contribution in [0.2, 0.25) is 0 Å². The molecule has 0 unspecified atom stereocenters. The summed E-state index contributed by atoms with van der Waals surface area (Å²) in [4.78, 5) is 16.0. The fraction of sp³-hybridized carbons (Fsp3) is 0. The van der Waals surface area contributed by atoms with E-state index in [1.807, 2.05) is 0 Å². The maximum Gasteiger partial charge on any atom is 0.238 e. The Morgan fingerprint density at radius 2 is 0.667 bits per heavy atom. The SMILES string of the molecule is c1ccc2cc(-n3c4ccccc4c4c5c6ccccc6n(-c6ccc7c(c6)c6ccccc6n7-c6nc(-c7cccc8ccccc78)nc(-c7cccc8ccccc78)n6)c5ccc43)ccc2c1. The van der Waals surface area contributed by atoms with Crippen molar-refractivity contribution in [3.63, 3.8) is 0 Å². The Labute approximate surface area is 395 Å². The van der Waals surface area contributed by atoms with E-state index in [1.165, 1.54) is 43.4 Å². The van der Waals surface area contributed by atoms with E-state index in [1.54, 1.807) is 0 Å². The van der Waals surface area contributed by atoms with E-state index in [2.05, 4.69) is 244 Å². The Bertz CT molecular complexity index is 4520. The lowest BCUT2D eigenvalue weighted by molar-refractivity contribution is 0.955. The highest BCUT2D eigenvalue weighted by atomic mass is 15.2. The van der Waals surface area contributed by atoms with Crippen LogP contribution in [0.15, 0.2) is 231 Å². The highest BCUT2D eigenvalue weighted by molar-refractivity contribution is 6.29. The lowest BCUT2D eigenvalue weighted by Gasteiger charge is -2.13. The van der Waals surface area contributed by atoms with Crippen LogP contribution in [0, 0.1) is 0 Å². The fourth-order valence-corrected chi connectivity index (χ4v) is 11.3. The monoisotopic (exact) mass is 878 g/mol. The summed E-state index contributed by atoms with van der Waals surface area (Å²) in [6.45, 7) is 0. The molecule has 0 bridgehead atoms. The third-order valence-corrected chi connectivity index (χ3v) is 14.3. The van der Waals surface area contributed by atoms with Gasteiger partial charge in [-0.1, -0.05) is 170 Å². The average Bonchev–Trinajstić information content (AvgIpc) is 4.06. The van der Waals surface area contributed by atoms with Gasteiger partial charge in [0.05, 0.1) is 33.1 Å². The van der Waals surface area contributed by atoms with Gasteiger partial charge in [0.1, 0.15) is 0 Å². The molecule has 4 heterocycles. The number of benzene rings is 11. The van der Waals surface area contributed by atoms with E-state index in [4.69, 9.17) is 15.0 Å². The maximum atomic E-state index is 5.38. The van der Waals surface area contributed by atoms with Crippen LogP contribution in [0.3, 0.4) is 0 Å². The third-order valence-electron chi connectivity index (χ3n) is 14.3. The summed E-state index contributed by atoms with van der Waals surface area (Å²) in [5.41, 5.74) is 10.9. The van der Waals surface area contributed by atoms with Crippen LogP contribution in [0.1, 0.15) is 0 Å². The van der Waals surface area contributed by atoms with Crippen molar-refractivity contribution in [1.82, 2.24) is 28.7 Å². The van der Waals surface area contributed by atoms with E-state index in [0.29, 0.717) is 17.6 Å². The van der Waals surface area contributed by atoms with Gasteiger partial charge in [0.25, 0.3) is 0 Å². The van der Waals surface area contributed by atoms with Gasteiger partial charge in [-0.3, -0.25) is 4.57 Å². The molecule has 4 aromatic heterocycles.